The Balaban J connectivity index is 2.71. The minimum atomic E-state index is 0.439. The van der Waals surface area contributed by atoms with Gasteiger partial charge in [-0.2, -0.15) is 0 Å². The summed E-state index contributed by atoms with van der Waals surface area (Å²) in [5.74, 6) is 6.07. The minimum Gasteiger partial charge on any atom is -0.0978 e. The molecular formula is C12H13N3. The Kier molecular flexibility index (Phi) is 4.28. The molecule has 0 saturated carbocycles. The Morgan fingerprint density at radius 3 is 2.93 bits per heavy atom. The molecule has 3 heteroatoms. The Labute approximate surface area is 89.8 Å². The van der Waals surface area contributed by atoms with Gasteiger partial charge in [-0.25, -0.2) is 0 Å². The Morgan fingerprint density at radius 2 is 2.20 bits per heavy atom. The van der Waals surface area contributed by atoms with Crippen LogP contribution in [0.5, 0.6) is 0 Å². The van der Waals surface area contributed by atoms with E-state index in [1.807, 2.05) is 12.1 Å². The number of nitrogens with zero attached hydrogens (tertiary/aromatic N) is 3. The van der Waals surface area contributed by atoms with E-state index >= 15 is 0 Å². The molecule has 0 heterocycles. The van der Waals surface area contributed by atoms with E-state index in [0.29, 0.717) is 13.0 Å². The number of benzene rings is 1. The van der Waals surface area contributed by atoms with Crippen LogP contribution in [0, 0.1) is 25.7 Å². The maximum Gasteiger partial charge on any atom is 0.0367 e. The molecule has 0 aliphatic carbocycles. The third-order valence-electron chi connectivity index (χ3n) is 2.23. The van der Waals surface area contributed by atoms with Crippen molar-refractivity contribution >= 4 is 0 Å². The SMILES string of the molecule is Cc1cccc(C#CCCN=[N+]=[N-])c1C. The van der Waals surface area contributed by atoms with E-state index in [0.717, 1.165) is 5.56 Å². The fourth-order valence-corrected chi connectivity index (χ4v) is 1.19. The Morgan fingerprint density at radius 1 is 1.40 bits per heavy atom. The minimum absolute atomic E-state index is 0.439. The van der Waals surface area contributed by atoms with Gasteiger partial charge in [-0.3, -0.25) is 0 Å². The summed E-state index contributed by atoms with van der Waals surface area (Å²) >= 11 is 0. The maximum absolute atomic E-state index is 8.07. The first-order valence-corrected chi connectivity index (χ1v) is 4.81. The molecule has 76 valence electrons. The largest absolute Gasteiger partial charge is 0.0978 e. The highest BCUT2D eigenvalue weighted by molar-refractivity contribution is 5.44. The van der Waals surface area contributed by atoms with Gasteiger partial charge in [-0.15, -0.1) is 0 Å². The van der Waals surface area contributed by atoms with Crippen LogP contribution < -0.4 is 0 Å². The van der Waals surface area contributed by atoms with E-state index in [1.54, 1.807) is 0 Å². The van der Waals surface area contributed by atoms with Crippen LogP contribution in [0.15, 0.2) is 23.3 Å². The van der Waals surface area contributed by atoms with Gasteiger partial charge >= 0.3 is 0 Å². The summed E-state index contributed by atoms with van der Waals surface area (Å²) in [5, 5.41) is 3.42. The number of rotatable bonds is 2. The summed E-state index contributed by atoms with van der Waals surface area (Å²) in [4.78, 5) is 2.67. The van der Waals surface area contributed by atoms with Crippen molar-refractivity contribution in [1.29, 1.82) is 0 Å². The van der Waals surface area contributed by atoms with Gasteiger partial charge in [0.2, 0.25) is 0 Å². The molecule has 0 fully saturated rings. The second kappa shape index (κ2) is 5.74. The van der Waals surface area contributed by atoms with Gasteiger partial charge in [0.25, 0.3) is 0 Å². The second-order valence-electron chi connectivity index (χ2n) is 3.25. The van der Waals surface area contributed by atoms with Crippen LogP contribution in [0.4, 0.5) is 0 Å². The lowest BCUT2D eigenvalue weighted by Crippen LogP contribution is -1.85. The second-order valence-corrected chi connectivity index (χ2v) is 3.25. The Hall–Kier alpha value is -1.91. The summed E-state index contributed by atoms with van der Waals surface area (Å²) < 4.78 is 0. The number of azide groups is 1. The fraction of sp³-hybridized carbons (Fsp3) is 0.333. The first-order chi connectivity index (χ1) is 7.25. The average Bonchev–Trinajstić information content (AvgIpc) is 2.24. The lowest BCUT2D eigenvalue weighted by atomic mass is 10.0. The van der Waals surface area contributed by atoms with E-state index in [1.165, 1.54) is 11.1 Å². The summed E-state index contributed by atoms with van der Waals surface area (Å²) in [6.45, 7) is 4.57. The third-order valence-corrected chi connectivity index (χ3v) is 2.23. The monoisotopic (exact) mass is 199 g/mol. The predicted molar refractivity (Wildman–Crippen MR) is 61.4 cm³/mol. The molecule has 0 bridgehead atoms. The van der Waals surface area contributed by atoms with Crippen LogP contribution in [-0.4, -0.2) is 6.54 Å². The predicted octanol–water partition coefficient (Wildman–Crippen LogP) is 3.36. The number of hydrogen-bond donors (Lipinski definition) is 0. The van der Waals surface area contributed by atoms with Crippen LogP contribution >= 0.6 is 0 Å². The highest BCUT2D eigenvalue weighted by Crippen LogP contribution is 2.10. The van der Waals surface area contributed by atoms with E-state index in [9.17, 15) is 0 Å². The van der Waals surface area contributed by atoms with Crippen molar-refractivity contribution in [3.63, 3.8) is 0 Å². The van der Waals surface area contributed by atoms with Gasteiger partial charge in [-0.1, -0.05) is 29.1 Å². The molecule has 0 spiro atoms. The highest BCUT2D eigenvalue weighted by atomic mass is 15.1. The number of aryl methyl sites for hydroxylation is 1. The van der Waals surface area contributed by atoms with Crippen LogP contribution in [0.2, 0.25) is 0 Å². The van der Waals surface area contributed by atoms with Crippen molar-refractivity contribution in [3.05, 3.63) is 45.3 Å². The van der Waals surface area contributed by atoms with Gasteiger partial charge in [0.05, 0.1) is 0 Å². The summed E-state index contributed by atoms with van der Waals surface area (Å²) in [5.41, 5.74) is 11.6. The van der Waals surface area contributed by atoms with Crippen LogP contribution in [0.25, 0.3) is 10.4 Å². The standard InChI is InChI=1S/C12H13N3/c1-10-6-5-8-12(11(10)2)7-3-4-9-14-15-13/h5-6,8H,4,9H2,1-2H3. The molecule has 1 aromatic rings. The first kappa shape index (κ1) is 11.2. The molecule has 0 aliphatic rings. The number of hydrogen-bond acceptors (Lipinski definition) is 1. The zero-order valence-electron chi connectivity index (χ0n) is 8.99. The zero-order chi connectivity index (χ0) is 11.1. The molecule has 0 N–H and O–H groups in total. The quantitative estimate of drug-likeness (QED) is 0.230. The molecule has 0 radical (unpaired) electrons. The first-order valence-electron chi connectivity index (χ1n) is 4.81. The summed E-state index contributed by atoms with van der Waals surface area (Å²) in [6.07, 6.45) is 0.609. The lowest BCUT2D eigenvalue weighted by Gasteiger charge is -2.00. The van der Waals surface area contributed by atoms with Gasteiger partial charge in [-0.05, 0) is 36.6 Å². The molecule has 1 aromatic carbocycles. The Bertz CT molecular complexity index is 446. The normalized spacial score (nSPS) is 8.67. The van der Waals surface area contributed by atoms with Crippen molar-refractivity contribution in [2.45, 2.75) is 20.3 Å². The molecule has 0 aromatic heterocycles. The molecule has 0 aliphatic heterocycles. The van der Waals surface area contributed by atoms with Crippen LogP contribution in [-0.2, 0) is 0 Å². The molecule has 0 saturated heterocycles. The summed E-state index contributed by atoms with van der Waals surface area (Å²) in [7, 11) is 0. The van der Waals surface area contributed by atoms with E-state index in [-0.39, 0.29) is 0 Å². The van der Waals surface area contributed by atoms with Gasteiger partial charge < -0.3 is 0 Å². The molecule has 0 atom stereocenters. The van der Waals surface area contributed by atoms with Gasteiger partial charge in [0, 0.05) is 23.4 Å². The zero-order valence-corrected chi connectivity index (χ0v) is 8.99. The van der Waals surface area contributed by atoms with Crippen LogP contribution in [0.1, 0.15) is 23.1 Å². The average molecular weight is 199 g/mol. The van der Waals surface area contributed by atoms with Crippen molar-refractivity contribution < 1.29 is 0 Å². The van der Waals surface area contributed by atoms with Gasteiger partial charge in [0.15, 0.2) is 0 Å². The van der Waals surface area contributed by atoms with Gasteiger partial charge in [0.1, 0.15) is 0 Å². The topological polar surface area (TPSA) is 48.8 Å². The third kappa shape index (κ3) is 3.38. The van der Waals surface area contributed by atoms with Crippen molar-refractivity contribution in [1.82, 2.24) is 0 Å². The summed E-state index contributed by atoms with van der Waals surface area (Å²) in [6, 6.07) is 6.07. The van der Waals surface area contributed by atoms with Crippen molar-refractivity contribution in [3.8, 4) is 11.8 Å². The molecule has 15 heavy (non-hydrogen) atoms. The molecular weight excluding hydrogens is 186 g/mol. The fourth-order valence-electron chi connectivity index (χ4n) is 1.19. The van der Waals surface area contributed by atoms with E-state index in [4.69, 9.17) is 5.53 Å². The van der Waals surface area contributed by atoms with Crippen LogP contribution in [0.3, 0.4) is 0 Å². The molecule has 0 amide bonds. The lowest BCUT2D eigenvalue weighted by molar-refractivity contribution is 1.01. The highest BCUT2D eigenvalue weighted by Gasteiger charge is 1.95. The maximum atomic E-state index is 8.07. The molecule has 3 nitrogen and oxygen atoms in total. The van der Waals surface area contributed by atoms with Crippen molar-refractivity contribution in [2.24, 2.45) is 5.11 Å². The molecule has 1 rings (SSSR count). The van der Waals surface area contributed by atoms with Crippen molar-refractivity contribution in [2.75, 3.05) is 6.54 Å². The smallest absolute Gasteiger partial charge is 0.0367 e. The van der Waals surface area contributed by atoms with E-state index < -0.39 is 0 Å². The molecule has 0 unspecified atom stereocenters. The van der Waals surface area contributed by atoms with E-state index in [2.05, 4.69) is 41.8 Å².